The maximum Gasteiger partial charge on any atom is 0.573 e. The highest BCUT2D eigenvalue weighted by atomic mass is 32.1. The molecule has 218 valence electrons. The van der Waals surface area contributed by atoms with Gasteiger partial charge in [0, 0.05) is 25.2 Å². The van der Waals surface area contributed by atoms with Gasteiger partial charge in [0.15, 0.2) is 0 Å². The molecule has 4 aromatic rings. The standard InChI is InChI=1S/C28H26F3N7O3S/c29-28(30,31)41-20-5-3-4-17(14-20)15-23(39)35-22-8-7-19(16-34-22)38-12-9-18(10-13-38)26-36-37-27(42-26)24(25(32)40)21-6-1-2-11-33-21/h1-8,11,14,16,18,24H,9-10,12-13,15H2,(H2,32,40)(H,34,35,39). The molecule has 0 radical (unpaired) electrons. The first-order valence-electron chi connectivity index (χ1n) is 13.0. The Labute approximate surface area is 242 Å². The molecule has 0 spiro atoms. The molecule has 1 unspecified atom stereocenters. The number of carbonyl (C=O) groups excluding carboxylic acids is 2. The molecule has 14 heteroatoms. The molecule has 0 aliphatic carbocycles. The number of alkyl halides is 3. The predicted octanol–water partition coefficient (Wildman–Crippen LogP) is 4.41. The summed E-state index contributed by atoms with van der Waals surface area (Å²) in [5, 5.41) is 12.7. The number of primary amides is 1. The number of anilines is 2. The van der Waals surface area contributed by atoms with E-state index in [4.69, 9.17) is 5.73 Å². The molecule has 42 heavy (non-hydrogen) atoms. The Morgan fingerprint density at radius 1 is 1.07 bits per heavy atom. The van der Waals surface area contributed by atoms with E-state index in [0.717, 1.165) is 36.6 Å². The number of nitrogens with zero attached hydrogens (tertiary/aromatic N) is 5. The molecule has 0 saturated carbocycles. The zero-order valence-corrected chi connectivity index (χ0v) is 22.9. The molecule has 1 saturated heterocycles. The zero-order valence-electron chi connectivity index (χ0n) is 22.1. The van der Waals surface area contributed by atoms with E-state index in [9.17, 15) is 22.8 Å². The quantitative estimate of drug-likeness (QED) is 0.290. The van der Waals surface area contributed by atoms with Gasteiger partial charge in [-0.25, -0.2) is 4.98 Å². The van der Waals surface area contributed by atoms with E-state index in [-0.39, 0.29) is 18.1 Å². The number of aromatic nitrogens is 4. The second kappa shape index (κ2) is 12.5. The van der Waals surface area contributed by atoms with E-state index in [1.54, 1.807) is 42.7 Å². The summed E-state index contributed by atoms with van der Waals surface area (Å²) in [5.41, 5.74) is 7.46. The van der Waals surface area contributed by atoms with E-state index < -0.39 is 24.1 Å². The Morgan fingerprint density at radius 3 is 2.55 bits per heavy atom. The van der Waals surface area contributed by atoms with Gasteiger partial charge in [-0.05, 0) is 54.8 Å². The van der Waals surface area contributed by atoms with Crippen molar-refractivity contribution in [2.45, 2.75) is 37.5 Å². The summed E-state index contributed by atoms with van der Waals surface area (Å²) >= 11 is 1.39. The molecule has 1 aliphatic rings. The summed E-state index contributed by atoms with van der Waals surface area (Å²) in [5.74, 6) is -1.54. The van der Waals surface area contributed by atoms with Crippen molar-refractivity contribution in [1.82, 2.24) is 20.2 Å². The van der Waals surface area contributed by atoms with Crippen LogP contribution in [-0.2, 0) is 16.0 Å². The van der Waals surface area contributed by atoms with E-state index in [1.807, 2.05) is 6.07 Å². The van der Waals surface area contributed by atoms with Gasteiger partial charge in [-0.3, -0.25) is 14.6 Å². The van der Waals surface area contributed by atoms with Gasteiger partial charge in [0.25, 0.3) is 0 Å². The van der Waals surface area contributed by atoms with E-state index >= 15 is 0 Å². The lowest BCUT2D eigenvalue weighted by Gasteiger charge is -2.32. The summed E-state index contributed by atoms with van der Waals surface area (Å²) in [6, 6.07) is 14.1. The van der Waals surface area contributed by atoms with Gasteiger partial charge in [0.05, 0.1) is 24.0 Å². The van der Waals surface area contributed by atoms with Crippen LogP contribution in [0, 0.1) is 0 Å². The number of hydrogen-bond acceptors (Lipinski definition) is 9. The average Bonchev–Trinajstić information content (AvgIpc) is 3.43. The Hall–Kier alpha value is -4.59. The fourth-order valence-electron chi connectivity index (χ4n) is 4.73. The molecular formula is C28H26F3N7O3S. The third-order valence-corrected chi connectivity index (χ3v) is 7.84. The summed E-state index contributed by atoms with van der Waals surface area (Å²) in [6.07, 6.45) is -0.00915. The maximum absolute atomic E-state index is 12.5. The third kappa shape index (κ3) is 7.37. The molecule has 3 aromatic heterocycles. The number of pyridine rings is 2. The minimum Gasteiger partial charge on any atom is -0.406 e. The van der Waals surface area contributed by atoms with Crippen LogP contribution in [0.15, 0.2) is 67.0 Å². The highest BCUT2D eigenvalue weighted by Gasteiger charge is 2.31. The van der Waals surface area contributed by atoms with Crippen LogP contribution in [0.25, 0.3) is 0 Å². The van der Waals surface area contributed by atoms with Gasteiger partial charge >= 0.3 is 6.36 Å². The summed E-state index contributed by atoms with van der Waals surface area (Å²) in [4.78, 5) is 35.4. The van der Waals surface area contributed by atoms with Crippen molar-refractivity contribution in [3.8, 4) is 5.75 Å². The molecule has 1 fully saturated rings. The minimum absolute atomic E-state index is 0.138. The lowest BCUT2D eigenvalue weighted by atomic mass is 9.97. The topological polar surface area (TPSA) is 136 Å². The van der Waals surface area contributed by atoms with Crippen molar-refractivity contribution < 1.29 is 27.5 Å². The fourth-order valence-corrected chi connectivity index (χ4v) is 5.86. The number of piperidine rings is 1. The minimum atomic E-state index is -4.81. The smallest absolute Gasteiger partial charge is 0.406 e. The van der Waals surface area contributed by atoms with Crippen LogP contribution < -0.4 is 20.7 Å². The highest BCUT2D eigenvalue weighted by molar-refractivity contribution is 7.11. The van der Waals surface area contributed by atoms with Crippen LogP contribution in [0.1, 0.15) is 46.0 Å². The number of nitrogens with one attached hydrogen (secondary N) is 1. The normalized spacial score (nSPS) is 14.8. The van der Waals surface area contributed by atoms with Gasteiger partial charge in [0.2, 0.25) is 11.8 Å². The first kappa shape index (κ1) is 28.9. The van der Waals surface area contributed by atoms with Crippen LogP contribution in [0.5, 0.6) is 5.75 Å². The highest BCUT2D eigenvalue weighted by Crippen LogP contribution is 2.35. The van der Waals surface area contributed by atoms with Gasteiger partial charge in [-0.1, -0.05) is 29.5 Å². The molecule has 3 N–H and O–H groups in total. The van der Waals surface area contributed by atoms with Crippen molar-refractivity contribution in [2.75, 3.05) is 23.3 Å². The monoisotopic (exact) mass is 597 g/mol. The summed E-state index contributed by atoms with van der Waals surface area (Å²) in [6.45, 7) is 1.51. The Bertz CT molecular complexity index is 1530. The molecule has 5 rings (SSSR count). The van der Waals surface area contributed by atoms with Crippen molar-refractivity contribution in [3.63, 3.8) is 0 Å². The summed E-state index contributed by atoms with van der Waals surface area (Å²) in [7, 11) is 0. The Morgan fingerprint density at radius 2 is 1.88 bits per heavy atom. The van der Waals surface area contributed by atoms with Crippen LogP contribution in [0.2, 0.25) is 0 Å². The van der Waals surface area contributed by atoms with E-state index in [1.165, 1.54) is 29.5 Å². The number of nitrogens with two attached hydrogens (primary N) is 1. The summed E-state index contributed by atoms with van der Waals surface area (Å²) < 4.78 is 41.3. The second-order valence-electron chi connectivity index (χ2n) is 9.65. The first-order chi connectivity index (χ1) is 20.1. The van der Waals surface area contributed by atoms with Crippen molar-refractivity contribution >= 4 is 34.7 Å². The SMILES string of the molecule is NC(=O)C(c1ccccn1)c1nnc(C2CCN(c3ccc(NC(=O)Cc4cccc(OC(F)(F)F)c4)nc3)CC2)s1. The van der Waals surface area contributed by atoms with Crippen molar-refractivity contribution in [3.05, 3.63) is 88.3 Å². The Balaban J connectivity index is 1.14. The maximum atomic E-state index is 12.5. The zero-order chi connectivity index (χ0) is 29.7. The lowest BCUT2D eigenvalue weighted by molar-refractivity contribution is -0.274. The Kier molecular flexibility index (Phi) is 8.61. The van der Waals surface area contributed by atoms with Gasteiger partial charge in [-0.15, -0.1) is 23.4 Å². The van der Waals surface area contributed by atoms with Crippen LogP contribution in [-0.4, -0.2) is 51.4 Å². The molecule has 2 amide bonds. The van der Waals surface area contributed by atoms with E-state index in [0.29, 0.717) is 22.1 Å². The second-order valence-corrected chi connectivity index (χ2v) is 10.7. The number of carbonyl (C=O) groups is 2. The largest absolute Gasteiger partial charge is 0.573 e. The van der Waals surface area contributed by atoms with Crippen LogP contribution in [0.3, 0.4) is 0 Å². The number of hydrogen-bond donors (Lipinski definition) is 2. The number of halogens is 3. The van der Waals surface area contributed by atoms with E-state index in [2.05, 4.69) is 35.1 Å². The van der Waals surface area contributed by atoms with Crippen molar-refractivity contribution in [2.24, 2.45) is 5.73 Å². The molecule has 4 heterocycles. The molecule has 1 aliphatic heterocycles. The van der Waals surface area contributed by atoms with Crippen molar-refractivity contribution in [1.29, 1.82) is 0 Å². The molecule has 1 aromatic carbocycles. The molecule has 0 bridgehead atoms. The number of ether oxygens (including phenoxy) is 1. The number of amides is 2. The average molecular weight is 598 g/mol. The van der Waals surface area contributed by atoms with Crippen LogP contribution >= 0.6 is 11.3 Å². The third-order valence-electron chi connectivity index (χ3n) is 6.69. The number of rotatable bonds is 9. The predicted molar refractivity (Wildman–Crippen MR) is 149 cm³/mol. The van der Waals surface area contributed by atoms with Gasteiger partial charge in [0.1, 0.15) is 27.5 Å². The first-order valence-corrected chi connectivity index (χ1v) is 13.9. The van der Waals surface area contributed by atoms with Gasteiger partial charge < -0.3 is 20.7 Å². The lowest BCUT2D eigenvalue weighted by Crippen LogP contribution is -2.32. The van der Waals surface area contributed by atoms with Gasteiger partial charge in [-0.2, -0.15) is 0 Å². The number of benzene rings is 1. The molecule has 10 nitrogen and oxygen atoms in total. The molecular weight excluding hydrogens is 571 g/mol. The molecule has 1 atom stereocenters. The fraction of sp³-hybridized carbons (Fsp3) is 0.286. The van der Waals surface area contributed by atoms with Crippen LogP contribution in [0.4, 0.5) is 24.7 Å².